The van der Waals surface area contributed by atoms with Crippen molar-refractivity contribution in [2.45, 2.75) is 20.1 Å². The molecule has 196 valence electrons. The summed E-state index contributed by atoms with van der Waals surface area (Å²) < 4.78 is 36.4. The second-order valence-corrected chi connectivity index (χ2v) is 8.35. The fourth-order valence-electron chi connectivity index (χ4n) is 3.74. The number of aromatic nitrogens is 1. The standard InChI is InChI=1S/C30H29FN2O5/c1-22(34)33(28-9-6-16-32-30(28)38-26-12-10-25(31)11-13-26)20-24-19-27(35-2)14-15-29(24)37-18-17-36-21-23-7-4-3-5-8-23/h3-16,19H,17-18,20-21H2,1-2H3. The number of methoxy groups -OCH3 is 1. The van der Waals surface area contributed by atoms with Gasteiger partial charge in [-0.05, 0) is 60.2 Å². The van der Waals surface area contributed by atoms with Gasteiger partial charge in [0.05, 0.1) is 26.9 Å². The van der Waals surface area contributed by atoms with Crippen LogP contribution in [-0.2, 0) is 22.7 Å². The van der Waals surface area contributed by atoms with E-state index in [9.17, 15) is 9.18 Å². The van der Waals surface area contributed by atoms with Crippen molar-refractivity contribution in [1.29, 1.82) is 0 Å². The summed E-state index contributed by atoms with van der Waals surface area (Å²) in [5, 5.41) is 0. The van der Waals surface area contributed by atoms with Crippen LogP contribution in [0.15, 0.2) is 91.1 Å². The third kappa shape index (κ3) is 7.30. The van der Waals surface area contributed by atoms with Crippen LogP contribution in [0.4, 0.5) is 10.1 Å². The summed E-state index contributed by atoms with van der Waals surface area (Å²) in [4.78, 5) is 18.6. The molecule has 8 heteroatoms. The third-order valence-electron chi connectivity index (χ3n) is 5.64. The summed E-state index contributed by atoms with van der Waals surface area (Å²) in [6.07, 6.45) is 1.57. The van der Waals surface area contributed by atoms with Crippen molar-refractivity contribution in [3.05, 3.63) is 108 Å². The van der Waals surface area contributed by atoms with Gasteiger partial charge in [-0.3, -0.25) is 4.79 Å². The molecule has 0 atom stereocenters. The van der Waals surface area contributed by atoms with E-state index in [4.69, 9.17) is 18.9 Å². The Morgan fingerprint density at radius 3 is 2.42 bits per heavy atom. The Bertz CT molecular complexity index is 1330. The number of ether oxygens (including phenoxy) is 4. The van der Waals surface area contributed by atoms with Crippen LogP contribution < -0.4 is 19.1 Å². The van der Waals surface area contributed by atoms with E-state index in [0.717, 1.165) is 11.1 Å². The first-order valence-electron chi connectivity index (χ1n) is 12.1. The monoisotopic (exact) mass is 516 g/mol. The molecule has 4 rings (SSSR count). The topological polar surface area (TPSA) is 70.1 Å². The normalized spacial score (nSPS) is 10.6. The summed E-state index contributed by atoms with van der Waals surface area (Å²) in [5.74, 6) is 1.25. The number of amides is 1. The van der Waals surface area contributed by atoms with E-state index in [2.05, 4.69) is 4.98 Å². The molecule has 0 aliphatic rings. The molecule has 3 aromatic carbocycles. The third-order valence-corrected chi connectivity index (χ3v) is 5.64. The minimum atomic E-state index is -0.375. The van der Waals surface area contributed by atoms with Gasteiger partial charge < -0.3 is 23.8 Å². The SMILES string of the molecule is COc1ccc(OCCOCc2ccccc2)c(CN(C(C)=O)c2cccnc2Oc2ccc(F)cc2)c1. The average molecular weight is 517 g/mol. The molecule has 38 heavy (non-hydrogen) atoms. The van der Waals surface area contributed by atoms with Crippen molar-refractivity contribution < 1.29 is 28.1 Å². The predicted molar refractivity (Wildman–Crippen MR) is 142 cm³/mol. The highest BCUT2D eigenvalue weighted by molar-refractivity contribution is 5.92. The first kappa shape index (κ1) is 26.6. The molecule has 0 unspecified atom stereocenters. The summed E-state index contributed by atoms with van der Waals surface area (Å²) in [6.45, 7) is 2.87. The number of carbonyl (C=O) groups excluding carboxylic acids is 1. The number of carbonyl (C=O) groups is 1. The van der Waals surface area contributed by atoms with Gasteiger partial charge in [0.15, 0.2) is 0 Å². The molecule has 0 aliphatic heterocycles. The number of anilines is 1. The number of benzene rings is 3. The number of hydrogen-bond donors (Lipinski definition) is 0. The largest absolute Gasteiger partial charge is 0.497 e. The maximum absolute atomic E-state index is 13.3. The highest BCUT2D eigenvalue weighted by Crippen LogP contribution is 2.33. The molecule has 1 aromatic heterocycles. The fraction of sp³-hybridized carbons (Fsp3) is 0.200. The van der Waals surface area contributed by atoms with Crippen LogP contribution in [0.1, 0.15) is 18.1 Å². The minimum absolute atomic E-state index is 0.179. The molecule has 0 spiro atoms. The van der Waals surface area contributed by atoms with Crippen LogP contribution in [-0.4, -0.2) is 31.2 Å². The number of hydrogen-bond acceptors (Lipinski definition) is 6. The number of rotatable bonds is 12. The summed E-state index contributed by atoms with van der Waals surface area (Å²) in [7, 11) is 1.58. The molecule has 0 radical (unpaired) electrons. The average Bonchev–Trinajstić information content (AvgIpc) is 2.94. The highest BCUT2D eigenvalue weighted by atomic mass is 19.1. The van der Waals surface area contributed by atoms with Crippen molar-refractivity contribution in [2.24, 2.45) is 0 Å². The minimum Gasteiger partial charge on any atom is -0.497 e. The van der Waals surface area contributed by atoms with E-state index in [0.29, 0.717) is 42.8 Å². The fourth-order valence-corrected chi connectivity index (χ4v) is 3.74. The molecule has 0 saturated carbocycles. The lowest BCUT2D eigenvalue weighted by atomic mass is 10.1. The van der Waals surface area contributed by atoms with Crippen molar-refractivity contribution in [3.8, 4) is 23.1 Å². The lowest BCUT2D eigenvalue weighted by molar-refractivity contribution is -0.116. The Morgan fingerprint density at radius 2 is 1.68 bits per heavy atom. The van der Waals surface area contributed by atoms with Gasteiger partial charge in [0.2, 0.25) is 11.8 Å². The first-order chi connectivity index (χ1) is 18.5. The molecular formula is C30H29FN2O5. The number of halogens is 1. The van der Waals surface area contributed by atoms with Crippen molar-refractivity contribution >= 4 is 11.6 Å². The van der Waals surface area contributed by atoms with E-state index >= 15 is 0 Å². The molecule has 0 aliphatic carbocycles. The molecule has 1 heterocycles. The van der Waals surface area contributed by atoms with Gasteiger partial charge >= 0.3 is 0 Å². The molecule has 0 fully saturated rings. The maximum atomic E-state index is 13.3. The molecule has 0 N–H and O–H groups in total. The summed E-state index contributed by atoms with van der Waals surface area (Å²) in [6, 6.07) is 24.4. The van der Waals surface area contributed by atoms with Gasteiger partial charge in [-0.2, -0.15) is 0 Å². The zero-order valence-electron chi connectivity index (χ0n) is 21.3. The van der Waals surface area contributed by atoms with Gasteiger partial charge in [-0.25, -0.2) is 9.37 Å². The van der Waals surface area contributed by atoms with Crippen molar-refractivity contribution in [1.82, 2.24) is 4.98 Å². The van der Waals surface area contributed by atoms with Crippen molar-refractivity contribution in [3.63, 3.8) is 0 Å². The molecule has 0 saturated heterocycles. The Kier molecular flexibility index (Phi) is 9.26. The first-order valence-corrected chi connectivity index (χ1v) is 12.1. The number of pyridine rings is 1. The van der Waals surface area contributed by atoms with Gasteiger partial charge in [0.1, 0.15) is 35.4 Å². The highest BCUT2D eigenvalue weighted by Gasteiger charge is 2.21. The molecule has 7 nitrogen and oxygen atoms in total. The van der Waals surface area contributed by atoms with E-state index in [-0.39, 0.29) is 24.1 Å². The van der Waals surface area contributed by atoms with Gasteiger partial charge in [-0.1, -0.05) is 30.3 Å². The van der Waals surface area contributed by atoms with E-state index < -0.39 is 0 Å². The smallest absolute Gasteiger partial charge is 0.243 e. The zero-order chi connectivity index (χ0) is 26.7. The van der Waals surface area contributed by atoms with Gasteiger partial charge in [-0.15, -0.1) is 0 Å². The summed E-state index contributed by atoms with van der Waals surface area (Å²) >= 11 is 0. The van der Waals surface area contributed by atoms with E-state index in [1.54, 1.807) is 36.4 Å². The molecular weight excluding hydrogens is 487 g/mol. The Hall–Kier alpha value is -4.43. The van der Waals surface area contributed by atoms with Crippen LogP contribution >= 0.6 is 0 Å². The maximum Gasteiger partial charge on any atom is 0.243 e. The Labute approximate surface area is 221 Å². The van der Waals surface area contributed by atoms with Gasteiger partial charge in [0, 0.05) is 18.7 Å². The van der Waals surface area contributed by atoms with Crippen LogP contribution in [0.5, 0.6) is 23.1 Å². The Balaban J connectivity index is 1.50. The van der Waals surface area contributed by atoms with E-state index in [1.807, 2.05) is 42.5 Å². The second-order valence-electron chi connectivity index (χ2n) is 8.35. The lowest BCUT2D eigenvalue weighted by Crippen LogP contribution is -2.28. The summed E-state index contributed by atoms with van der Waals surface area (Å²) in [5.41, 5.74) is 2.29. The predicted octanol–water partition coefficient (Wildman–Crippen LogP) is 6.17. The second kappa shape index (κ2) is 13.2. The van der Waals surface area contributed by atoms with Crippen LogP contribution in [0.25, 0.3) is 0 Å². The lowest BCUT2D eigenvalue weighted by Gasteiger charge is -2.24. The molecule has 0 bridgehead atoms. The number of nitrogens with zero attached hydrogens (tertiary/aromatic N) is 2. The quantitative estimate of drug-likeness (QED) is 0.210. The Morgan fingerprint density at radius 1 is 0.921 bits per heavy atom. The van der Waals surface area contributed by atoms with Crippen LogP contribution in [0, 0.1) is 5.82 Å². The van der Waals surface area contributed by atoms with Gasteiger partial charge in [0.25, 0.3) is 0 Å². The van der Waals surface area contributed by atoms with Crippen LogP contribution in [0.3, 0.4) is 0 Å². The van der Waals surface area contributed by atoms with E-state index in [1.165, 1.54) is 31.2 Å². The zero-order valence-corrected chi connectivity index (χ0v) is 21.3. The molecule has 1 amide bonds. The molecule has 4 aromatic rings. The van der Waals surface area contributed by atoms with Crippen LogP contribution in [0.2, 0.25) is 0 Å². The van der Waals surface area contributed by atoms with Crippen molar-refractivity contribution in [2.75, 3.05) is 25.2 Å².